The Hall–Kier alpha value is -8.99. The van der Waals surface area contributed by atoms with E-state index in [4.69, 9.17) is 15.0 Å². The van der Waals surface area contributed by atoms with Gasteiger partial charge in [0.1, 0.15) is 0 Å². The van der Waals surface area contributed by atoms with Crippen LogP contribution in [-0.4, -0.2) is 19.5 Å². The molecule has 4 heteroatoms. The standard InChI is InChI=1S/C64H40N4/c1-5-17-41(18-6-1)45-30-35-53-54-36-31-46(40-60(54)68(59(53)39-45)48-23-11-4-12-24-48)44-29-33-51-49-25-13-15-27-55(49)64(57(51)37-44)56-28-16-14-26-50(56)52-34-32-47(38-58(52)64)63-66-61(42-19-7-2-8-20-42)65-62(67-63)43-21-9-3-10-22-43/h1-40H. The topological polar surface area (TPSA) is 43.6 Å². The zero-order chi connectivity index (χ0) is 44.8. The minimum Gasteiger partial charge on any atom is -0.309 e. The van der Waals surface area contributed by atoms with Crippen LogP contribution in [-0.2, 0) is 5.41 Å². The van der Waals surface area contributed by atoms with E-state index in [0.717, 1.165) is 22.4 Å². The van der Waals surface area contributed by atoms with Crippen LogP contribution in [0, 0.1) is 0 Å². The molecular formula is C64H40N4. The van der Waals surface area contributed by atoms with E-state index >= 15 is 0 Å². The molecule has 1 spiro atoms. The van der Waals surface area contributed by atoms with Gasteiger partial charge >= 0.3 is 0 Å². The molecule has 2 heterocycles. The Morgan fingerprint density at radius 2 is 0.632 bits per heavy atom. The molecule has 1 atom stereocenters. The summed E-state index contributed by atoms with van der Waals surface area (Å²) in [5, 5.41) is 2.46. The van der Waals surface area contributed by atoms with E-state index in [9.17, 15) is 0 Å². The van der Waals surface area contributed by atoms with Gasteiger partial charge in [0.25, 0.3) is 0 Å². The number of hydrogen-bond acceptors (Lipinski definition) is 3. The maximum atomic E-state index is 5.20. The maximum Gasteiger partial charge on any atom is 0.164 e. The van der Waals surface area contributed by atoms with Crippen molar-refractivity contribution in [1.82, 2.24) is 19.5 Å². The zero-order valence-electron chi connectivity index (χ0n) is 36.9. The highest BCUT2D eigenvalue weighted by atomic mass is 15.0. The fourth-order valence-corrected chi connectivity index (χ4v) is 11.3. The highest BCUT2D eigenvalue weighted by Gasteiger charge is 2.51. The molecule has 0 radical (unpaired) electrons. The Morgan fingerprint density at radius 3 is 1.16 bits per heavy atom. The first-order valence-electron chi connectivity index (χ1n) is 23.3. The fourth-order valence-electron chi connectivity index (χ4n) is 11.3. The molecule has 2 aromatic heterocycles. The van der Waals surface area contributed by atoms with Crippen molar-refractivity contribution in [2.45, 2.75) is 5.41 Å². The van der Waals surface area contributed by atoms with Crippen LogP contribution in [0.25, 0.3) is 106 Å². The monoisotopic (exact) mass is 864 g/mol. The number of fused-ring (bicyclic) bond motifs is 13. The first-order valence-corrected chi connectivity index (χ1v) is 23.3. The predicted molar refractivity (Wildman–Crippen MR) is 278 cm³/mol. The lowest BCUT2D eigenvalue weighted by Gasteiger charge is -2.31. The summed E-state index contributed by atoms with van der Waals surface area (Å²) in [6, 6.07) is 87.8. The molecular weight excluding hydrogens is 825 g/mol. The van der Waals surface area contributed by atoms with E-state index in [0.29, 0.717) is 17.5 Å². The van der Waals surface area contributed by atoms with Gasteiger partial charge in [-0.25, -0.2) is 15.0 Å². The largest absolute Gasteiger partial charge is 0.309 e. The number of para-hydroxylation sites is 1. The maximum absolute atomic E-state index is 5.20. The van der Waals surface area contributed by atoms with Crippen molar-refractivity contribution < 1.29 is 0 Å². The summed E-state index contributed by atoms with van der Waals surface area (Å²) in [6.45, 7) is 0. The van der Waals surface area contributed by atoms with E-state index in [1.807, 2.05) is 36.4 Å². The molecule has 0 fully saturated rings. The minimum absolute atomic E-state index is 0.585. The van der Waals surface area contributed by atoms with Gasteiger partial charge < -0.3 is 4.57 Å². The van der Waals surface area contributed by atoms with Crippen LogP contribution in [0.1, 0.15) is 22.3 Å². The van der Waals surface area contributed by atoms with Crippen LogP contribution >= 0.6 is 0 Å². The molecule has 10 aromatic carbocycles. The molecule has 68 heavy (non-hydrogen) atoms. The fraction of sp³-hybridized carbons (Fsp3) is 0.0156. The predicted octanol–water partition coefficient (Wildman–Crippen LogP) is 15.6. The van der Waals surface area contributed by atoms with Gasteiger partial charge in [0, 0.05) is 33.2 Å². The van der Waals surface area contributed by atoms with Gasteiger partial charge in [-0.05, 0) is 103 Å². The summed E-state index contributed by atoms with van der Waals surface area (Å²) in [7, 11) is 0. The lowest BCUT2D eigenvalue weighted by Crippen LogP contribution is -2.26. The molecule has 2 aliphatic rings. The summed E-state index contributed by atoms with van der Waals surface area (Å²) >= 11 is 0. The average Bonchev–Trinajstić information content (AvgIpc) is 4.02. The molecule has 0 amide bonds. The quantitative estimate of drug-likeness (QED) is 0.167. The van der Waals surface area contributed by atoms with Crippen molar-refractivity contribution in [2.24, 2.45) is 0 Å². The highest BCUT2D eigenvalue weighted by molar-refractivity contribution is 6.11. The van der Waals surface area contributed by atoms with Gasteiger partial charge in [0.2, 0.25) is 0 Å². The number of hydrogen-bond donors (Lipinski definition) is 0. The second kappa shape index (κ2) is 15.0. The van der Waals surface area contributed by atoms with Gasteiger partial charge in [-0.3, -0.25) is 0 Å². The summed E-state index contributed by atoms with van der Waals surface area (Å²) in [4.78, 5) is 15.4. The van der Waals surface area contributed by atoms with Crippen molar-refractivity contribution in [3.8, 4) is 84.4 Å². The zero-order valence-corrected chi connectivity index (χ0v) is 36.9. The van der Waals surface area contributed by atoms with Crippen molar-refractivity contribution in [3.63, 3.8) is 0 Å². The van der Waals surface area contributed by atoms with Gasteiger partial charge in [0.15, 0.2) is 17.5 Å². The van der Waals surface area contributed by atoms with Crippen molar-refractivity contribution in [1.29, 1.82) is 0 Å². The Bertz CT molecular complexity index is 3880. The second-order valence-electron chi connectivity index (χ2n) is 17.9. The van der Waals surface area contributed by atoms with Gasteiger partial charge in [-0.15, -0.1) is 0 Å². The van der Waals surface area contributed by atoms with Crippen molar-refractivity contribution in [3.05, 3.63) is 265 Å². The van der Waals surface area contributed by atoms with E-state index < -0.39 is 5.41 Å². The minimum atomic E-state index is -0.585. The Labute approximate surface area is 394 Å². The van der Waals surface area contributed by atoms with E-state index in [1.54, 1.807) is 0 Å². The highest BCUT2D eigenvalue weighted by Crippen LogP contribution is 2.63. The third kappa shape index (κ3) is 5.71. The van der Waals surface area contributed by atoms with E-state index in [1.165, 1.54) is 88.6 Å². The molecule has 12 aromatic rings. The van der Waals surface area contributed by atoms with Gasteiger partial charge in [0.05, 0.1) is 16.4 Å². The molecule has 0 bridgehead atoms. The molecule has 0 N–H and O–H groups in total. The third-order valence-corrected chi connectivity index (χ3v) is 14.3. The third-order valence-electron chi connectivity index (χ3n) is 14.3. The first-order chi connectivity index (χ1) is 33.7. The lowest BCUT2D eigenvalue weighted by molar-refractivity contribution is 0.794. The van der Waals surface area contributed by atoms with Crippen molar-refractivity contribution >= 4 is 21.8 Å². The molecule has 0 aliphatic heterocycles. The lowest BCUT2D eigenvalue weighted by atomic mass is 9.70. The molecule has 4 nitrogen and oxygen atoms in total. The molecule has 2 aliphatic carbocycles. The molecule has 14 rings (SSSR count). The number of benzene rings is 10. The van der Waals surface area contributed by atoms with Crippen LogP contribution < -0.4 is 0 Å². The van der Waals surface area contributed by atoms with Gasteiger partial charge in [-0.2, -0.15) is 0 Å². The summed E-state index contributed by atoms with van der Waals surface area (Å²) in [5.74, 6) is 1.94. The summed E-state index contributed by atoms with van der Waals surface area (Å²) in [6.07, 6.45) is 0. The van der Waals surface area contributed by atoms with Crippen LogP contribution in [0.3, 0.4) is 0 Å². The second-order valence-corrected chi connectivity index (χ2v) is 17.9. The van der Waals surface area contributed by atoms with E-state index in [-0.39, 0.29) is 0 Å². The SMILES string of the molecule is c1ccc(-c2ccc3c4ccc(-c5ccc6c(c5)C5(c7ccccc7-6)c6ccccc6-c6ccc(-c7nc(-c8ccccc8)nc(-c8ccccc8)n7)cc65)cc4n(-c4ccccc4)c3c2)cc1. The number of nitrogens with zero attached hydrogens (tertiary/aromatic N) is 4. The molecule has 0 saturated carbocycles. The van der Waals surface area contributed by atoms with E-state index in [2.05, 4.69) is 211 Å². The molecule has 0 saturated heterocycles. The molecule has 316 valence electrons. The van der Waals surface area contributed by atoms with Crippen LogP contribution in [0.2, 0.25) is 0 Å². The smallest absolute Gasteiger partial charge is 0.164 e. The van der Waals surface area contributed by atoms with Gasteiger partial charge in [-0.1, -0.05) is 206 Å². The summed E-state index contributed by atoms with van der Waals surface area (Å²) < 4.78 is 2.43. The Kier molecular flexibility index (Phi) is 8.46. The number of aromatic nitrogens is 4. The van der Waals surface area contributed by atoms with Crippen LogP contribution in [0.5, 0.6) is 0 Å². The molecule has 1 unspecified atom stereocenters. The Morgan fingerprint density at radius 1 is 0.265 bits per heavy atom. The first kappa shape index (κ1) is 38.3. The van der Waals surface area contributed by atoms with Crippen molar-refractivity contribution in [2.75, 3.05) is 0 Å². The van der Waals surface area contributed by atoms with Crippen LogP contribution in [0.15, 0.2) is 243 Å². The average molecular weight is 865 g/mol. The summed E-state index contributed by atoms with van der Waals surface area (Å²) in [5.41, 5.74) is 20.6. The Balaban J connectivity index is 0.980. The number of rotatable bonds is 6. The van der Waals surface area contributed by atoms with Crippen LogP contribution in [0.4, 0.5) is 0 Å². The normalized spacial score (nSPS) is 14.2.